The van der Waals surface area contributed by atoms with Gasteiger partial charge in [-0.15, -0.1) is 0 Å². The van der Waals surface area contributed by atoms with Crippen LogP contribution in [0.15, 0.2) is 72.8 Å². The molecule has 0 fully saturated rings. The number of imidazole rings is 1. The number of benzene rings is 3. The molecular formula is C29H21ClF3N3O3. The Morgan fingerprint density at radius 2 is 1.82 bits per heavy atom. The maximum Gasteiger partial charge on any atom is 0.335 e. The summed E-state index contributed by atoms with van der Waals surface area (Å²) < 4.78 is 49.8. The lowest BCUT2D eigenvalue weighted by Crippen LogP contribution is -2.07. The number of alkyl halides is 1. The van der Waals surface area contributed by atoms with E-state index in [1.165, 1.54) is 30.3 Å². The third-order valence-electron chi connectivity index (χ3n) is 6.17. The second-order valence-electron chi connectivity index (χ2n) is 8.75. The number of halogens is 4. The Hall–Kier alpha value is -4.37. The molecule has 0 aliphatic rings. The molecule has 3 aromatic carbocycles. The SMILES string of the molecule is O=C(O)c1ccc2nc(Cc3ccc(-c4cccc(OCc5ccc(Cl)cc5F)n4)c(F)c3)n(CCF)c2c1. The number of aryl methyl sites for hydroxylation is 1. The Balaban J connectivity index is 1.37. The number of hydrogen-bond acceptors (Lipinski definition) is 4. The highest BCUT2D eigenvalue weighted by Gasteiger charge is 2.16. The average Bonchev–Trinajstić information content (AvgIpc) is 3.24. The molecule has 6 nitrogen and oxygen atoms in total. The van der Waals surface area contributed by atoms with Gasteiger partial charge in [0.1, 0.15) is 30.7 Å². The highest BCUT2D eigenvalue weighted by Crippen LogP contribution is 2.27. The number of pyridine rings is 1. The molecule has 198 valence electrons. The van der Waals surface area contributed by atoms with Crippen molar-refractivity contribution in [2.75, 3.05) is 6.67 Å². The van der Waals surface area contributed by atoms with Gasteiger partial charge < -0.3 is 14.4 Å². The lowest BCUT2D eigenvalue weighted by atomic mass is 10.1. The molecule has 0 saturated heterocycles. The normalized spacial score (nSPS) is 11.2. The Labute approximate surface area is 226 Å². The molecule has 0 atom stereocenters. The van der Waals surface area contributed by atoms with E-state index < -0.39 is 24.3 Å². The van der Waals surface area contributed by atoms with Crippen LogP contribution in [0.4, 0.5) is 13.2 Å². The maximum atomic E-state index is 15.2. The lowest BCUT2D eigenvalue weighted by molar-refractivity contribution is 0.0697. The summed E-state index contributed by atoms with van der Waals surface area (Å²) in [5.41, 5.74) is 2.57. The predicted octanol–water partition coefficient (Wildman–Crippen LogP) is 6.87. The molecule has 2 aromatic heterocycles. The summed E-state index contributed by atoms with van der Waals surface area (Å²) in [5.74, 6) is -1.43. The number of rotatable bonds is 9. The highest BCUT2D eigenvalue weighted by molar-refractivity contribution is 6.30. The molecular weight excluding hydrogens is 531 g/mol. The zero-order valence-electron chi connectivity index (χ0n) is 20.4. The molecule has 10 heteroatoms. The van der Waals surface area contributed by atoms with Crippen LogP contribution < -0.4 is 4.74 Å². The van der Waals surface area contributed by atoms with E-state index in [-0.39, 0.29) is 41.6 Å². The number of carboxylic acids is 1. The van der Waals surface area contributed by atoms with Crippen LogP contribution in [0.25, 0.3) is 22.3 Å². The Morgan fingerprint density at radius 3 is 2.56 bits per heavy atom. The molecule has 0 spiro atoms. The second kappa shape index (κ2) is 11.2. The first-order chi connectivity index (χ1) is 18.8. The van der Waals surface area contributed by atoms with Crippen LogP contribution >= 0.6 is 11.6 Å². The minimum atomic E-state index is -1.09. The fourth-order valence-electron chi connectivity index (χ4n) is 4.27. The van der Waals surface area contributed by atoms with E-state index >= 15 is 4.39 Å². The van der Waals surface area contributed by atoms with Gasteiger partial charge in [-0.2, -0.15) is 0 Å². The van der Waals surface area contributed by atoms with Crippen LogP contribution in [0, 0.1) is 11.6 Å². The summed E-state index contributed by atoms with van der Waals surface area (Å²) in [4.78, 5) is 20.2. The number of nitrogens with zero attached hydrogens (tertiary/aromatic N) is 3. The first-order valence-electron chi connectivity index (χ1n) is 11.9. The molecule has 5 aromatic rings. The van der Waals surface area contributed by atoms with Gasteiger partial charge in [-0.1, -0.05) is 29.8 Å². The number of carboxylic acid groups (broad SMARTS) is 1. The van der Waals surface area contributed by atoms with Gasteiger partial charge >= 0.3 is 5.97 Å². The molecule has 0 radical (unpaired) electrons. The highest BCUT2D eigenvalue weighted by atomic mass is 35.5. The summed E-state index contributed by atoms with van der Waals surface area (Å²) in [7, 11) is 0. The quantitative estimate of drug-likeness (QED) is 0.216. The fourth-order valence-corrected chi connectivity index (χ4v) is 4.43. The average molecular weight is 552 g/mol. The van der Waals surface area contributed by atoms with Crippen molar-refractivity contribution in [3.63, 3.8) is 0 Å². The van der Waals surface area contributed by atoms with E-state index in [2.05, 4.69) is 9.97 Å². The van der Waals surface area contributed by atoms with Crippen LogP contribution in [0.2, 0.25) is 5.02 Å². The van der Waals surface area contributed by atoms with E-state index in [0.717, 1.165) is 0 Å². The molecule has 5 rings (SSSR count). The van der Waals surface area contributed by atoms with E-state index in [1.807, 2.05) is 0 Å². The van der Waals surface area contributed by atoms with Crippen molar-refractivity contribution in [1.82, 2.24) is 14.5 Å². The Bertz CT molecular complexity index is 1690. The first kappa shape index (κ1) is 26.2. The van der Waals surface area contributed by atoms with Gasteiger partial charge in [0.25, 0.3) is 0 Å². The van der Waals surface area contributed by atoms with Crippen molar-refractivity contribution in [2.24, 2.45) is 0 Å². The van der Waals surface area contributed by atoms with Crippen molar-refractivity contribution in [3.05, 3.63) is 112 Å². The second-order valence-corrected chi connectivity index (χ2v) is 9.19. The molecule has 0 unspecified atom stereocenters. The number of aromatic carboxylic acids is 1. The summed E-state index contributed by atoms with van der Waals surface area (Å²) in [5, 5.41) is 9.58. The van der Waals surface area contributed by atoms with Gasteiger partial charge in [0.05, 0.1) is 28.8 Å². The summed E-state index contributed by atoms with van der Waals surface area (Å²) in [6.07, 6.45) is 0.206. The van der Waals surface area contributed by atoms with E-state index in [0.29, 0.717) is 33.7 Å². The van der Waals surface area contributed by atoms with Crippen molar-refractivity contribution in [1.29, 1.82) is 0 Å². The third-order valence-corrected chi connectivity index (χ3v) is 6.40. The smallest absolute Gasteiger partial charge is 0.335 e. The van der Waals surface area contributed by atoms with Crippen molar-refractivity contribution >= 4 is 28.6 Å². The topological polar surface area (TPSA) is 77.2 Å². The van der Waals surface area contributed by atoms with Gasteiger partial charge in [0, 0.05) is 28.6 Å². The number of hydrogen-bond donors (Lipinski definition) is 1. The minimum Gasteiger partial charge on any atom is -0.478 e. The van der Waals surface area contributed by atoms with Crippen molar-refractivity contribution < 1.29 is 27.8 Å². The van der Waals surface area contributed by atoms with Gasteiger partial charge in [-0.05, 0) is 54.1 Å². The first-order valence-corrected chi connectivity index (χ1v) is 12.3. The van der Waals surface area contributed by atoms with Crippen molar-refractivity contribution in [2.45, 2.75) is 19.6 Å². The van der Waals surface area contributed by atoms with Crippen molar-refractivity contribution in [3.8, 4) is 17.1 Å². The Morgan fingerprint density at radius 1 is 0.974 bits per heavy atom. The van der Waals surface area contributed by atoms with Gasteiger partial charge in [-0.25, -0.2) is 27.9 Å². The largest absolute Gasteiger partial charge is 0.478 e. The lowest BCUT2D eigenvalue weighted by Gasteiger charge is -2.10. The van der Waals surface area contributed by atoms with E-state index in [1.54, 1.807) is 47.0 Å². The minimum absolute atomic E-state index is 0.00783. The maximum absolute atomic E-state index is 15.2. The van der Waals surface area contributed by atoms with Gasteiger partial charge in [0.15, 0.2) is 0 Å². The number of ether oxygens (including phenoxy) is 1. The molecule has 0 aliphatic heterocycles. The van der Waals surface area contributed by atoms with Crippen LogP contribution in [-0.2, 0) is 19.6 Å². The number of fused-ring (bicyclic) bond motifs is 1. The van der Waals surface area contributed by atoms with Crippen LogP contribution in [-0.4, -0.2) is 32.3 Å². The number of carbonyl (C=O) groups is 1. The van der Waals surface area contributed by atoms with E-state index in [4.69, 9.17) is 16.3 Å². The van der Waals surface area contributed by atoms with Crippen LogP contribution in [0.3, 0.4) is 0 Å². The molecule has 0 saturated carbocycles. The van der Waals surface area contributed by atoms with Crippen LogP contribution in [0.5, 0.6) is 5.88 Å². The van der Waals surface area contributed by atoms with E-state index in [9.17, 15) is 18.7 Å². The van der Waals surface area contributed by atoms with Gasteiger partial charge in [0.2, 0.25) is 5.88 Å². The summed E-state index contributed by atoms with van der Waals surface area (Å²) in [6, 6.07) is 18.3. The fraction of sp³-hybridized carbons (Fsp3) is 0.138. The molecule has 0 amide bonds. The molecule has 39 heavy (non-hydrogen) atoms. The summed E-state index contributed by atoms with van der Waals surface area (Å²) >= 11 is 5.78. The predicted molar refractivity (Wildman–Crippen MR) is 141 cm³/mol. The van der Waals surface area contributed by atoms with Crippen LogP contribution in [0.1, 0.15) is 27.3 Å². The molecule has 0 aliphatic carbocycles. The van der Waals surface area contributed by atoms with Gasteiger partial charge in [-0.3, -0.25) is 0 Å². The zero-order valence-corrected chi connectivity index (χ0v) is 21.1. The zero-order chi connectivity index (χ0) is 27.5. The molecule has 1 N–H and O–H groups in total. The molecule has 0 bridgehead atoms. The standard InChI is InChI=1S/C29H21ClF3N3O3/c30-20-7-5-19(22(32)15-20)16-39-28-3-1-2-24(35-28)21-8-4-17(12-23(21)33)13-27-34-25-9-6-18(29(37)38)14-26(25)36(27)11-10-31/h1-9,12,14-15H,10-11,13,16H2,(H,37,38). The summed E-state index contributed by atoms with van der Waals surface area (Å²) in [6.45, 7) is -0.751. The Kier molecular flexibility index (Phi) is 7.51. The third kappa shape index (κ3) is 5.73. The molecule has 2 heterocycles. The number of aromatic nitrogens is 3. The monoisotopic (exact) mass is 551 g/mol.